The molecule has 32 heavy (non-hydrogen) atoms. The van der Waals surface area contributed by atoms with Gasteiger partial charge < -0.3 is 19.6 Å². The van der Waals surface area contributed by atoms with E-state index < -0.39 is 17.7 Å². The highest BCUT2D eigenvalue weighted by Crippen LogP contribution is 2.40. The Morgan fingerprint density at radius 2 is 1.75 bits per heavy atom. The molecule has 2 aromatic carbocycles. The van der Waals surface area contributed by atoms with Crippen LogP contribution in [0.5, 0.6) is 5.75 Å². The predicted molar refractivity (Wildman–Crippen MR) is 126 cm³/mol. The summed E-state index contributed by atoms with van der Waals surface area (Å²) in [5.41, 5.74) is 2.46. The first-order valence-electron chi connectivity index (χ1n) is 10.7. The van der Waals surface area contributed by atoms with Crippen LogP contribution in [-0.2, 0) is 15.0 Å². The molecule has 0 radical (unpaired) electrons. The summed E-state index contributed by atoms with van der Waals surface area (Å²) in [5, 5.41) is 11.2. The number of methoxy groups -OCH3 is 1. The van der Waals surface area contributed by atoms with Gasteiger partial charge in [0.25, 0.3) is 11.7 Å². The minimum Gasteiger partial charge on any atom is -0.507 e. The zero-order chi connectivity index (χ0) is 23.6. The lowest BCUT2D eigenvalue weighted by Crippen LogP contribution is -2.35. The third-order valence-electron chi connectivity index (χ3n) is 5.76. The fraction of sp³-hybridized carbons (Fsp3) is 0.385. The number of ether oxygens (including phenoxy) is 1. The molecule has 0 aromatic heterocycles. The minimum atomic E-state index is -0.672. The van der Waals surface area contributed by atoms with Crippen molar-refractivity contribution in [3.63, 3.8) is 0 Å². The normalized spacial score (nSPS) is 18.5. The molecule has 1 N–H and O–H groups in total. The fourth-order valence-electron chi connectivity index (χ4n) is 3.86. The van der Waals surface area contributed by atoms with Crippen LogP contribution in [0.3, 0.4) is 0 Å². The van der Waals surface area contributed by atoms with Gasteiger partial charge in [-0.1, -0.05) is 57.2 Å². The van der Waals surface area contributed by atoms with Crippen LogP contribution in [0.25, 0.3) is 5.76 Å². The SMILES string of the molecule is COc1cccc(C(O)=C2C(=O)C(=O)N(CCN(C)C)C2c2ccc(C(C)(C)C)cc2)c1. The average molecular weight is 437 g/mol. The van der Waals surface area contributed by atoms with E-state index in [9.17, 15) is 14.7 Å². The molecule has 1 heterocycles. The van der Waals surface area contributed by atoms with Crippen molar-refractivity contribution in [3.05, 3.63) is 70.8 Å². The van der Waals surface area contributed by atoms with Gasteiger partial charge in [-0.15, -0.1) is 0 Å². The Kier molecular flexibility index (Phi) is 6.74. The Balaban J connectivity index is 2.14. The molecule has 1 fully saturated rings. The second-order valence-corrected chi connectivity index (χ2v) is 9.40. The highest BCUT2D eigenvalue weighted by molar-refractivity contribution is 6.46. The molecule has 1 amide bonds. The summed E-state index contributed by atoms with van der Waals surface area (Å²) < 4.78 is 5.26. The zero-order valence-corrected chi connectivity index (χ0v) is 19.7. The molecule has 1 unspecified atom stereocenters. The van der Waals surface area contributed by atoms with Gasteiger partial charge in [0.1, 0.15) is 11.5 Å². The van der Waals surface area contributed by atoms with Gasteiger partial charge in [0, 0.05) is 18.7 Å². The van der Waals surface area contributed by atoms with Gasteiger partial charge in [0.05, 0.1) is 18.7 Å². The number of hydrogen-bond acceptors (Lipinski definition) is 5. The maximum atomic E-state index is 13.1. The predicted octanol–water partition coefficient (Wildman–Crippen LogP) is 3.98. The van der Waals surface area contributed by atoms with Crippen LogP contribution < -0.4 is 4.74 Å². The first-order chi connectivity index (χ1) is 15.0. The number of hydrogen-bond donors (Lipinski definition) is 1. The van der Waals surface area contributed by atoms with E-state index in [1.165, 1.54) is 7.11 Å². The summed E-state index contributed by atoms with van der Waals surface area (Å²) in [6.45, 7) is 7.37. The number of aliphatic hydroxyl groups is 1. The quantitative estimate of drug-likeness (QED) is 0.421. The molecule has 1 saturated heterocycles. The average Bonchev–Trinajstić information content (AvgIpc) is 3.01. The van der Waals surface area contributed by atoms with Crippen LogP contribution >= 0.6 is 0 Å². The van der Waals surface area contributed by atoms with Crippen molar-refractivity contribution < 1.29 is 19.4 Å². The molecule has 1 aliphatic rings. The van der Waals surface area contributed by atoms with Crippen molar-refractivity contribution in [3.8, 4) is 5.75 Å². The number of nitrogens with zero attached hydrogens (tertiary/aromatic N) is 2. The molecule has 0 aliphatic carbocycles. The van der Waals surface area contributed by atoms with E-state index in [1.54, 1.807) is 29.2 Å². The number of benzene rings is 2. The zero-order valence-electron chi connectivity index (χ0n) is 19.7. The highest BCUT2D eigenvalue weighted by atomic mass is 16.5. The minimum absolute atomic E-state index is 0.0220. The summed E-state index contributed by atoms with van der Waals surface area (Å²) in [7, 11) is 5.37. The van der Waals surface area contributed by atoms with E-state index in [1.807, 2.05) is 43.3 Å². The first kappa shape index (κ1) is 23.5. The van der Waals surface area contributed by atoms with Gasteiger partial charge in [-0.3, -0.25) is 9.59 Å². The van der Waals surface area contributed by atoms with Crippen LogP contribution in [0.2, 0.25) is 0 Å². The van der Waals surface area contributed by atoms with E-state index >= 15 is 0 Å². The molecule has 3 rings (SSSR count). The van der Waals surface area contributed by atoms with Gasteiger partial charge in [-0.05, 0) is 42.8 Å². The second-order valence-electron chi connectivity index (χ2n) is 9.40. The molecule has 0 bridgehead atoms. The molecule has 1 atom stereocenters. The highest BCUT2D eigenvalue weighted by Gasteiger charge is 2.45. The van der Waals surface area contributed by atoms with E-state index in [-0.39, 0.29) is 16.7 Å². The van der Waals surface area contributed by atoms with Crippen molar-refractivity contribution in [2.45, 2.75) is 32.2 Å². The van der Waals surface area contributed by atoms with E-state index in [2.05, 4.69) is 20.8 Å². The van der Waals surface area contributed by atoms with Crippen molar-refractivity contribution in [2.24, 2.45) is 0 Å². The van der Waals surface area contributed by atoms with E-state index in [4.69, 9.17) is 4.74 Å². The number of ketones is 1. The van der Waals surface area contributed by atoms with Crippen LogP contribution in [0.15, 0.2) is 54.1 Å². The number of likely N-dealkylation sites (tertiary alicyclic amines) is 1. The Morgan fingerprint density at radius 1 is 1.09 bits per heavy atom. The van der Waals surface area contributed by atoms with Crippen molar-refractivity contribution >= 4 is 17.4 Å². The lowest BCUT2D eigenvalue weighted by Gasteiger charge is -2.27. The van der Waals surface area contributed by atoms with Crippen LogP contribution in [0.1, 0.15) is 43.5 Å². The van der Waals surface area contributed by atoms with Crippen LogP contribution in [0.4, 0.5) is 0 Å². The number of Topliss-reactive ketones (excluding diaryl/α,β-unsaturated/α-hetero) is 1. The third-order valence-corrected chi connectivity index (χ3v) is 5.76. The Hall–Kier alpha value is -3.12. The number of carbonyl (C=O) groups excluding carboxylic acids is 2. The van der Waals surface area contributed by atoms with Gasteiger partial charge in [-0.25, -0.2) is 0 Å². The van der Waals surface area contributed by atoms with E-state index in [0.29, 0.717) is 24.4 Å². The first-order valence-corrected chi connectivity index (χ1v) is 10.7. The second kappa shape index (κ2) is 9.17. The summed E-state index contributed by atoms with van der Waals surface area (Å²) in [6.07, 6.45) is 0. The number of amides is 1. The van der Waals surface area contributed by atoms with Crippen molar-refractivity contribution in [2.75, 3.05) is 34.3 Å². The number of carbonyl (C=O) groups is 2. The molecule has 0 spiro atoms. The smallest absolute Gasteiger partial charge is 0.295 e. The van der Waals surface area contributed by atoms with Gasteiger partial charge in [-0.2, -0.15) is 0 Å². The maximum absolute atomic E-state index is 13.1. The molecular formula is C26H32N2O4. The standard InChI is InChI=1S/C26H32N2O4/c1-26(2,3)19-12-10-17(11-13-19)22-21(23(29)18-8-7-9-20(16-18)32-6)24(30)25(31)28(22)15-14-27(4)5/h7-13,16,22,29H,14-15H2,1-6H3. The molecule has 6 nitrogen and oxygen atoms in total. The summed E-state index contributed by atoms with van der Waals surface area (Å²) >= 11 is 0. The molecule has 6 heteroatoms. The van der Waals surface area contributed by atoms with Crippen LogP contribution in [-0.4, -0.2) is 60.9 Å². The topological polar surface area (TPSA) is 70.1 Å². The summed E-state index contributed by atoms with van der Waals surface area (Å²) in [5.74, 6) is -0.906. The third kappa shape index (κ3) is 4.70. The fourth-order valence-corrected chi connectivity index (χ4v) is 3.86. The van der Waals surface area contributed by atoms with Crippen LogP contribution in [0, 0.1) is 0 Å². The van der Waals surface area contributed by atoms with Gasteiger partial charge >= 0.3 is 0 Å². The van der Waals surface area contributed by atoms with Crippen molar-refractivity contribution in [1.29, 1.82) is 0 Å². The molecule has 0 saturated carbocycles. The summed E-state index contributed by atoms with van der Waals surface area (Å²) in [6, 6.07) is 14.1. The number of aliphatic hydroxyl groups excluding tert-OH is 1. The lowest BCUT2D eigenvalue weighted by atomic mass is 9.85. The summed E-state index contributed by atoms with van der Waals surface area (Å²) in [4.78, 5) is 29.6. The Morgan fingerprint density at radius 3 is 2.31 bits per heavy atom. The molecule has 1 aliphatic heterocycles. The lowest BCUT2D eigenvalue weighted by molar-refractivity contribution is -0.140. The Labute approximate surface area is 190 Å². The van der Waals surface area contributed by atoms with Gasteiger partial charge in [0.15, 0.2) is 0 Å². The number of likely N-dealkylation sites (N-methyl/N-ethyl adjacent to an activating group) is 1. The van der Waals surface area contributed by atoms with Gasteiger partial charge in [0.2, 0.25) is 0 Å². The molecule has 2 aromatic rings. The maximum Gasteiger partial charge on any atom is 0.295 e. The van der Waals surface area contributed by atoms with E-state index in [0.717, 1.165) is 11.1 Å². The monoisotopic (exact) mass is 436 g/mol. The molecule has 170 valence electrons. The number of rotatable bonds is 6. The largest absolute Gasteiger partial charge is 0.507 e. The Bertz CT molecular complexity index is 1030. The molecular weight excluding hydrogens is 404 g/mol. The van der Waals surface area contributed by atoms with Crippen molar-refractivity contribution in [1.82, 2.24) is 9.80 Å².